The highest BCUT2D eigenvalue weighted by Crippen LogP contribution is 2.42. The second-order valence-corrected chi connectivity index (χ2v) is 8.74. The van der Waals surface area contributed by atoms with Crippen LogP contribution in [0, 0.1) is 5.41 Å². The SMILES string of the molecule is CC1CN2CCCC2CN1C1(CN)CCCC(C)(C)CC1. The molecule has 1 saturated carbocycles. The molecule has 2 saturated heterocycles. The Morgan fingerprint density at radius 2 is 1.86 bits per heavy atom. The molecule has 0 amide bonds. The zero-order chi connectivity index (χ0) is 15.1. The molecule has 3 atom stereocenters. The van der Waals surface area contributed by atoms with E-state index < -0.39 is 0 Å². The molecule has 2 heterocycles. The van der Waals surface area contributed by atoms with E-state index in [0.29, 0.717) is 11.5 Å². The standard InChI is InChI=1S/C18H35N3/c1-15-12-20-11-4-6-16(20)13-21(15)18(14-19)8-5-7-17(2,3)9-10-18/h15-16H,4-14,19H2,1-3H3. The van der Waals surface area contributed by atoms with Crippen LogP contribution in [-0.2, 0) is 0 Å². The Morgan fingerprint density at radius 3 is 2.62 bits per heavy atom. The minimum absolute atomic E-state index is 0.280. The molecule has 2 aliphatic heterocycles. The summed E-state index contributed by atoms with van der Waals surface area (Å²) in [5, 5.41) is 0. The van der Waals surface area contributed by atoms with Crippen LogP contribution in [0.1, 0.15) is 65.7 Å². The molecule has 0 radical (unpaired) electrons. The van der Waals surface area contributed by atoms with Crippen molar-refractivity contribution in [2.45, 2.75) is 83.3 Å². The van der Waals surface area contributed by atoms with Crippen LogP contribution >= 0.6 is 0 Å². The van der Waals surface area contributed by atoms with Crippen molar-refractivity contribution in [1.82, 2.24) is 9.80 Å². The van der Waals surface area contributed by atoms with Gasteiger partial charge in [-0.15, -0.1) is 0 Å². The molecular weight excluding hydrogens is 258 g/mol. The van der Waals surface area contributed by atoms with Gasteiger partial charge in [-0.1, -0.05) is 20.3 Å². The van der Waals surface area contributed by atoms with Gasteiger partial charge in [0.05, 0.1) is 0 Å². The van der Waals surface area contributed by atoms with Gasteiger partial charge in [-0.05, 0) is 57.4 Å². The zero-order valence-corrected chi connectivity index (χ0v) is 14.4. The monoisotopic (exact) mass is 293 g/mol. The van der Waals surface area contributed by atoms with Gasteiger partial charge >= 0.3 is 0 Å². The first-order chi connectivity index (χ1) is 9.96. The van der Waals surface area contributed by atoms with Gasteiger partial charge in [0.15, 0.2) is 0 Å². The molecule has 1 aliphatic carbocycles. The summed E-state index contributed by atoms with van der Waals surface area (Å²) in [5.74, 6) is 0. The van der Waals surface area contributed by atoms with Crippen molar-refractivity contribution in [1.29, 1.82) is 0 Å². The first-order valence-electron chi connectivity index (χ1n) is 9.17. The lowest BCUT2D eigenvalue weighted by atomic mass is 9.82. The van der Waals surface area contributed by atoms with Gasteiger partial charge in [-0.25, -0.2) is 0 Å². The molecule has 3 nitrogen and oxygen atoms in total. The molecule has 3 unspecified atom stereocenters. The summed E-state index contributed by atoms with van der Waals surface area (Å²) in [7, 11) is 0. The molecule has 0 spiro atoms. The third-order valence-electron chi connectivity index (χ3n) is 6.69. The second kappa shape index (κ2) is 5.82. The zero-order valence-electron chi connectivity index (χ0n) is 14.4. The van der Waals surface area contributed by atoms with Crippen molar-refractivity contribution in [2.24, 2.45) is 11.1 Å². The van der Waals surface area contributed by atoms with Gasteiger partial charge in [0.25, 0.3) is 0 Å². The van der Waals surface area contributed by atoms with E-state index >= 15 is 0 Å². The predicted molar refractivity (Wildman–Crippen MR) is 89.4 cm³/mol. The molecule has 3 rings (SSSR count). The van der Waals surface area contributed by atoms with Crippen LogP contribution in [0.25, 0.3) is 0 Å². The van der Waals surface area contributed by atoms with Crippen LogP contribution in [0.3, 0.4) is 0 Å². The maximum Gasteiger partial charge on any atom is 0.0335 e. The molecule has 122 valence electrons. The van der Waals surface area contributed by atoms with Gasteiger partial charge in [0.2, 0.25) is 0 Å². The van der Waals surface area contributed by atoms with Crippen LogP contribution in [0.4, 0.5) is 0 Å². The number of piperazine rings is 1. The third-order valence-corrected chi connectivity index (χ3v) is 6.69. The Hall–Kier alpha value is -0.120. The molecular formula is C18H35N3. The van der Waals surface area contributed by atoms with Crippen molar-refractivity contribution in [3.63, 3.8) is 0 Å². The van der Waals surface area contributed by atoms with Crippen LogP contribution in [0.5, 0.6) is 0 Å². The predicted octanol–water partition coefficient (Wildman–Crippen LogP) is 2.84. The van der Waals surface area contributed by atoms with E-state index in [1.807, 2.05) is 0 Å². The smallest absolute Gasteiger partial charge is 0.0335 e. The van der Waals surface area contributed by atoms with Crippen molar-refractivity contribution < 1.29 is 0 Å². The first-order valence-corrected chi connectivity index (χ1v) is 9.17. The Bertz CT molecular complexity index is 367. The second-order valence-electron chi connectivity index (χ2n) is 8.74. The average Bonchev–Trinajstić information content (AvgIpc) is 2.82. The Morgan fingerprint density at radius 1 is 1.05 bits per heavy atom. The minimum atomic E-state index is 0.280. The molecule has 0 aromatic carbocycles. The van der Waals surface area contributed by atoms with Gasteiger partial charge in [-0.3, -0.25) is 9.80 Å². The summed E-state index contributed by atoms with van der Waals surface area (Å²) in [5.41, 5.74) is 7.16. The van der Waals surface area contributed by atoms with Crippen LogP contribution < -0.4 is 5.73 Å². The van der Waals surface area contributed by atoms with E-state index in [-0.39, 0.29) is 5.54 Å². The summed E-state index contributed by atoms with van der Waals surface area (Å²) in [4.78, 5) is 5.56. The van der Waals surface area contributed by atoms with E-state index in [1.54, 1.807) is 0 Å². The third kappa shape index (κ3) is 3.02. The molecule has 3 heteroatoms. The Labute approximate surface area is 131 Å². The van der Waals surface area contributed by atoms with Gasteiger partial charge in [-0.2, -0.15) is 0 Å². The van der Waals surface area contributed by atoms with E-state index in [1.165, 1.54) is 64.6 Å². The highest BCUT2D eigenvalue weighted by Gasteiger charge is 2.45. The Balaban J connectivity index is 1.78. The van der Waals surface area contributed by atoms with E-state index in [2.05, 4.69) is 30.6 Å². The number of nitrogens with two attached hydrogens (primary N) is 1. The number of rotatable bonds is 2. The normalized spacial score (nSPS) is 41.7. The van der Waals surface area contributed by atoms with E-state index in [0.717, 1.165) is 12.6 Å². The molecule has 0 bridgehead atoms. The quantitative estimate of drug-likeness (QED) is 0.795. The number of fused-ring (bicyclic) bond motifs is 1. The average molecular weight is 293 g/mol. The van der Waals surface area contributed by atoms with Gasteiger partial charge < -0.3 is 5.73 Å². The van der Waals surface area contributed by atoms with Gasteiger partial charge in [0, 0.05) is 37.3 Å². The lowest BCUT2D eigenvalue weighted by Gasteiger charge is -2.52. The maximum absolute atomic E-state index is 6.37. The summed E-state index contributed by atoms with van der Waals surface area (Å²) >= 11 is 0. The summed E-state index contributed by atoms with van der Waals surface area (Å²) in [6, 6.07) is 1.48. The fourth-order valence-corrected chi connectivity index (χ4v) is 5.17. The van der Waals surface area contributed by atoms with Gasteiger partial charge in [0.1, 0.15) is 0 Å². The summed E-state index contributed by atoms with van der Waals surface area (Å²) in [6.45, 7) is 12.0. The van der Waals surface area contributed by atoms with E-state index in [4.69, 9.17) is 5.73 Å². The lowest BCUT2D eigenvalue weighted by molar-refractivity contribution is -0.0290. The molecule has 3 fully saturated rings. The van der Waals surface area contributed by atoms with Crippen molar-refractivity contribution >= 4 is 0 Å². The number of hydrogen-bond acceptors (Lipinski definition) is 3. The van der Waals surface area contributed by atoms with Crippen molar-refractivity contribution in [3.8, 4) is 0 Å². The molecule has 2 N–H and O–H groups in total. The fourth-order valence-electron chi connectivity index (χ4n) is 5.17. The lowest BCUT2D eigenvalue weighted by Crippen LogP contribution is -2.65. The maximum atomic E-state index is 6.37. The topological polar surface area (TPSA) is 32.5 Å². The van der Waals surface area contributed by atoms with Crippen LogP contribution in [-0.4, -0.2) is 53.6 Å². The van der Waals surface area contributed by atoms with E-state index in [9.17, 15) is 0 Å². The highest BCUT2D eigenvalue weighted by atomic mass is 15.3. The summed E-state index contributed by atoms with van der Waals surface area (Å²) < 4.78 is 0. The van der Waals surface area contributed by atoms with Crippen molar-refractivity contribution in [3.05, 3.63) is 0 Å². The van der Waals surface area contributed by atoms with Crippen LogP contribution in [0.2, 0.25) is 0 Å². The Kier molecular flexibility index (Phi) is 4.37. The first kappa shape index (κ1) is 15.8. The number of hydrogen-bond donors (Lipinski definition) is 1. The molecule has 3 aliphatic rings. The molecule has 0 aromatic rings. The van der Waals surface area contributed by atoms with Crippen molar-refractivity contribution in [2.75, 3.05) is 26.2 Å². The largest absolute Gasteiger partial charge is 0.329 e. The highest BCUT2D eigenvalue weighted by molar-refractivity contribution is 5.02. The number of nitrogens with zero attached hydrogens (tertiary/aromatic N) is 2. The molecule has 0 aromatic heterocycles. The fraction of sp³-hybridized carbons (Fsp3) is 1.00. The van der Waals surface area contributed by atoms with Crippen LogP contribution in [0.15, 0.2) is 0 Å². The molecule has 21 heavy (non-hydrogen) atoms. The minimum Gasteiger partial charge on any atom is -0.329 e. The summed E-state index contributed by atoms with van der Waals surface area (Å²) in [6.07, 6.45) is 9.46.